The number of aliphatic hydroxyl groups is 2. The Morgan fingerprint density at radius 3 is 2.31 bits per heavy atom. The van der Waals surface area contributed by atoms with Crippen LogP contribution in [-0.2, 0) is 19.3 Å². The van der Waals surface area contributed by atoms with Crippen LogP contribution in [0.1, 0.15) is 45.7 Å². The quantitative estimate of drug-likeness (QED) is 0.595. The number of nitrogens with two attached hydrogens (primary N) is 1. The summed E-state index contributed by atoms with van der Waals surface area (Å²) in [5.74, 6) is 0. The molecule has 4 N–H and O–H groups in total. The van der Waals surface area contributed by atoms with Gasteiger partial charge in [0.15, 0.2) is 0 Å². The van der Waals surface area contributed by atoms with E-state index in [1.165, 1.54) is 22.3 Å². The number of fused-ring (bicyclic) bond motifs is 2. The van der Waals surface area contributed by atoms with E-state index in [1.807, 2.05) is 30.3 Å². The first-order valence-electron chi connectivity index (χ1n) is 10.1. The summed E-state index contributed by atoms with van der Waals surface area (Å²) >= 11 is 0. The van der Waals surface area contributed by atoms with E-state index in [1.54, 1.807) is 0 Å². The molecule has 29 heavy (non-hydrogen) atoms. The molecule has 3 aromatic rings. The molecule has 0 heterocycles. The van der Waals surface area contributed by atoms with E-state index in [4.69, 9.17) is 5.73 Å². The van der Waals surface area contributed by atoms with Crippen LogP contribution in [0.25, 0.3) is 6.08 Å². The molecule has 2 aliphatic rings. The summed E-state index contributed by atoms with van der Waals surface area (Å²) in [6.45, 7) is 0. The van der Waals surface area contributed by atoms with Crippen molar-refractivity contribution in [1.29, 1.82) is 0 Å². The van der Waals surface area contributed by atoms with Crippen molar-refractivity contribution in [2.45, 2.75) is 31.6 Å². The van der Waals surface area contributed by atoms with Crippen molar-refractivity contribution in [3.05, 3.63) is 112 Å². The van der Waals surface area contributed by atoms with Gasteiger partial charge in [-0.05, 0) is 52.6 Å². The maximum Gasteiger partial charge on any atom is 0.128 e. The standard InChI is InChI=1S/C26H25NO2/c27-25(29)18-11-9-17(10-12-18)15-26(16-21-7-3-4-8-23(21)24(26)28)22-13-19-5-1-2-6-20(19)14-22/h1-13,24-25,28-29H,14-16,27H2. The third-order valence-corrected chi connectivity index (χ3v) is 6.63. The predicted molar refractivity (Wildman–Crippen MR) is 115 cm³/mol. The molecule has 3 aromatic carbocycles. The fourth-order valence-electron chi connectivity index (χ4n) is 5.05. The van der Waals surface area contributed by atoms with Crippen molar-refractivity contribution in [2.24, 2.45) is 11.1 Å². The average molecular weight is 383 g/mol. The van der Waals surface area contributed by atoms with Crippen LogP contribution in [0.5, 0.6) is 0 Å². The van der Waals surface area contributed by atoms with E-state index < -0.39 is 12.3 Å². The zero-order valence-electron chi connectivity index (χ0n) is 16.3. The summed E-state index contributed by atoms with van der Waals surface area (Å²) in [5.41, 5.74) is 13.2. The van der Waals surface area contributed by atoms with Crippen molar-refractivity contribution in [1.82, 2.24) is 0 Å². The SMILES string of the molecule is NC(O)c1ccc(CC2(C3=Cc4ccccc4C3)Cc3ccccc3C2O)cc1. The van der Waals surface area contributed by atoms with Crippen molar-refractivity contribution in [2.75, 3.05) is 0 Å². The molecule has 0 bridgehead atoms. The first-order chi connectivity index (χ1) is 14.1. The highest BCUT2D eigenvalue weighted by molar-refractivity contribution is 5.66. The van der Waals surface area contributed by atoms with E-state index in [9.17, 15) is 10.2 Å². The van der Waals surface area contributed by atoms with E-state index >= 15 is 0 Å². The van der Waals surface area contributed by atoms with Crippen LogP contribution >= 0.6 is 0 Å². The number of benzene rings is 3. The molecule has 5 rings (SSSR count). The Balaban J connectivity index is 1.56. The van der Waals surface area contributed by atoms with Gasteiger partial charge in [0, 0.05) is 5.41 Å². The maximum atomic E-state index is 11.5. The van der Waals surface area contributed by atoms with E-state index in [-0.39, 0.29) is 5.41 Å². The molecular weight excluding hydrogens is 358 g/mol. The summed E-state index contributed by atoms with van der Waals surface area (Å²) in [6, 6.07) is 24.5. The summed E-state index contributed by atoms with van der Waals surface area (Å²) in [4.78, 5) is 0. The lowest BCUT2D eigenvalue weighted by Gasteiger charge is -2.35. The van der Waals surface area contributed by atoms with Gasteiger partial charge in [0.05, 0.1) is 6.10 Å². The molecule has 3 unspecified atom stereocenters. The molecule has 0 spiro atoms. The van der Waals surface area contributed by atoms with Crippen LogP contribution < -0.4 is 5.73 Å². The molecule has 146 valence electrons. The Bertz CT molecular complexity index is 1080. The second-order valence-electron chi connectivity index (χ2n) is 8.34. The minimum absolute atomic E-state index is 0.369. The normalized spacial score (nSPS) is 23.4. The molecule has 0 saturated heterocycles. The average Bonchev–Trinajstić information content (AvgIpc) is 3.29. The van der Waals surface area contributed by atoms with Crippen molar-refractivity contribution in [3.8, 4) is 0 Å². The Morgan fingerprint density at radius 2 is 1.62 bits per heavy atom. The summed E-state index contributed by atoms with van der Waals surface area (Å²) < 4.78 is 0. The zero-order valence-corrected chi connectivity index (χ0v) is 16.3. The topological polar surface area (TPSA) is 66.5 Å². The molecule has 0 fully saturated rings. The second-order valence-corrected chi connectivity index (χ2v) is 8.34. The number of rotatable bonds is 4. The van der Waals surface area contributed by atoms with Crippen LogP contribution in [0.15, 0.2) is 78.4 Å². The third kappa shape index (κ3) is 3.03. The van der Waals surface area contributed by atoms with Crippen molar-refractivity contribution >= 4 is 6.08 Å². The monoisotopic (exact) mass is 383 g/mol. The van der Waals surface area contributed by atoms with Gasteiger partial charge in [-0.1, -0.05) is 84.4 Å². The third-order valence-electron chi connectivity index (χ3n) is 6.63. The fourth-order valence-corrected chi connectivity index (χ4v) is 5.05. The van der Waals surface area contributed by atoms with Crippen LogP contribution in [0, 0.1) is 5.41 Å². The van der Waals surface area contributed by atoms with Gasteiger partial charge in [0.1, 0.15) is 6.23 Å². The Hall–Kier alpha value is -2.72. The number of hydrogen-bond donors (Lipinski definition) is 3. The molecule has 0 radical (unpaired) electrons. The maximum absolute atomic E-state index is 11.5. The minimum Gasteiger partial charge on any atom is -0.387 e. The Labute approximate surface area is 171 Å². The van der Waals surface area contributed by atoms with Gasteiger partial charge in [-0.15, -0.1) is 0 Å². The highest BCUT2D eigenvalue weighted by atomic mass is 16.3. The lowest BCUT2D eigenvalue weighted by molar-refractivity contribution is 0.0651. The highest BCUT2D eigenvalue weighted by Crippen LogP contribution is 2.54. The molecule has 0 saturated carbocycles. The van der Waals surface area contributed by atoms with Gasteiger partial charge in [-0.2, -0.15) is 0 Å². The molecular formula is C26H25NO2. The Kier molecular flexibility index (Phi) is 4.39. The van der Waals surface area contributed by atoms with Gasteiger partial charge in [0.2, 0.25) is 0 Å². The number of hydrogen-bond acceptors (Lipinski definition) is 3. The molecule has 2 aliphatic carbocycles. The summed E-state index contributed by atoms with van der Waals surface area (Å²) in [5, 5.41) is 21.1. The van der Waals surface area contributed by atoms with Gasteiger partial charge in [0.25, 0.3) is 0 Å². The minimum atomic E-state index is -0.966. The van der Waals surface area contributed by atoms with Gasteiger partial charge in [-0.3, -0.25) is 0 Å². The van der Waals surface area contributed by atoms with Crippen LogP contribution in [0.2, 0.25) is 0 Å². The molecule has 0 aromatic heterocycles. The van der Waals surface area contributed by atoms with Crippen LogP contribution in [0.4, 0.5) is 0 Å². The zero-order chi connectivity index (χ0) is 20.0. The van der Waals surface area contributed by atoms with E-state index in [0.717, 1.165) is 30.4 Å². The Morgan fingerprint density at radius 1 is 0.931 bits per heavy atom. The highest BCUT2D eigenvalue weighted by Gasteiger charge is 2.48. The summed E-state index contributed by atoms with van der Waals surface area (Å²) in [7, 11) is 0. The first-order valence-corrected chi connectivity index (χ1v) is 10.1. The number of aliphatic hydroxyl groups excluding tert-OH is 2. The summed E-state index contributed by atoms with van der Waals surface area (Å²) in [6.07, 6.45) is 3.21. The van der Waals surface area contributed by atoms with Crippen molar-refractivity contribution in [3.63, 3.8) is 0 Å². The molecule has 3 atom stereocenters. The molecule has 3 heteroatoms. The molecule has 0 aliphatic heterocycles. The second kappa shape index (κ2) is 6.96. The lowest BCUT2D eigenvalue weighted by atomic mass is 9.70. The van der Waals surface area contributed by atoms with Gasteiger partial charge >= 0.3 is 0 Å². The van der Waals surface area contributed by atoms with Crippen LogP contribution in [0.3, 0.4) is 0 Å². The van der Waals surface area contributed by atoms with Crippen LogP contribution in [-0.4, -0.2) is 10.2 Å². The molecule has 0 amide bonds. The first kappa shape index (κ1) is 18.3. The van der Waals surface area contributed by atoms with E-state index in [2.05, 4.69) is 48.5 Å². The molecule has 3 nitrogen and oxygen atoms in total. The van der Waals surface area contributed by atoms with E-state index in [0.29, 0.717) is 5.56 Å². The predicted octanol–water partition coefficient (Wildman–Crippen LogP) is 4.09. The lowest BCUT2D eigenvalue weighted by Crippen LogP contribution is -2.31. The fraction of sp³-hybridized carbons (Fsp3) is 0.231. The van der Waals surface area contributed by atoms with Crippen molar-refractivity contribution < 1.29 is 10.2 Å². The van der Waals surface area contributed by atoms with Gasteiger partial charge in [-0.25, -0.2) is 0 Å². The van der Waals surface area contributed by atoms with Gasteiger partial charge < -0.3 is 15.9 Å². The smallest absolute Gasteiger partial charge is 0.128 e. The largest absolute Gasteiger partial charge is 0.387 e.